The monoisotopic (exact) mass is 212 g/mol. The summed E-state index contributed by atoms with van der Waals surface area (Å²) < 4.78 is 41.3. The van der Waals surface area contributed by atoms with Crippen molar-refractivity contribution >= 4 is 9.52 Å². The summed E-state index contributed by atoms with van der Waals surface area (Å²) in [5.41, 5.74) is 0. The molecule has 1 aliphatic rings. The third kappa shape index (κ3) is 4.13. The second-order valence-electron chi connectivity index (χ2n) is 3.87. The first kappa shape index (κ1) is 11.0. The van der Waals surface area contributed by atoms with Crippen molar-refractivity contribution in [2.75, 3.05) is 6.61 Å². The van der Waals surface area contributed by atoms with E-state index < -0.39 is 27.0 Å². The van der Waals surface area contributed by atoms with E-state index in [2.05, 4.69) is 0 Å². The number of hydrogen-bond acceptors (Lipinski definition) is 1. The van der Waals surface area contributed by atoms with Crippen LogP contribution in [-0.4, -0.2) is 27.5 Å². The van der Waals surface area contributed by atoms with Gasteiger partial charge < -0.3 is 4.74 Å². The van der Waals surface area contributed by atoms with Gasteiger partial charge in [-0.05, 0) is 26.2 Å². The van der Waals surface area contributed by atoms with Gasteiger partial charge in [-0.1, -0.05) is 0 Å². The molecule has 0 aliphatic carbocycles. The van der Waals surface area contributed by atoms with E-state index in [9.17, 15) is 13.2 Å². The molecule has 1 unspecified atom stereocenters. The van der Waals surface area contributed by atoms with Gasteiger partial charge in [0.25, 0.3) is 0 Å². The number of ether oxygens (including phenoxy) is 1. The number of hydrogen-bond donors (Lipinski definition) is 0. The molecule has 0 spiro atoms. The SMILES string of the molecule is CC1([SiH2]CC(F)(F)F)CCCCO1. The minimum Gasteiger partial charge on any atom is -0.379 e. The summed E-state index contributed by atoms with van der Waals surface area (Å²) in [6.45, 7) is 2.48. The standard InChI is InChI=1S/C8H15F3OSi/c1-7(4-2-3-5-12-7)13-6-8(9,10)11/h2-6,13H2,1H3. The predicted octanol–water partition coefficient (Wildman–Crippen LogP) is 2.05. The molecule has 0 N–H and O–H groups in total. The summed E-state index contributed by atoms with van der Waals surface area (Å²) in [5.74, 6) is 0. The average Bonchev–Trinajstić information content (AvgIpc) is 2.02. The summed E-state index contributed by atoms with van der Waals surface area (Å²) in [6.07, 6.45) is -1.16. The van der Waals surface area contributed by atoms with Crippen LogP contribution in [0.2, 0.25) is 6.04 Å². The van der Waals surface area contributed by atoms with Crippen LogP contribution in [0.1, 0.15) is 26.2 Å². The average molecular weight is 212 g/mol. The molecule has 1 atom stereocenters. The Bertz CT molecular complexity index is 163. The van der Waals surface area contributed by atoms with Crippen LogP contribution in [0.25, 0.3) is 0 Å². The Balaban J connectivity index is 2.33. The fraction of sp³-hybridized carbons (Fsp3) is 1.00. The van der Waals surface area contributed by atoms with Crippen molar-refractivity contribution in [3.05, 3.63) is 0 Å². The van der Waals surface area contributed by atoms with Crippen LogP contribution in [0.3, 0.4) is 0 Å². The first-order valence-corrected chi connectivity index (χ1v) is 6.33. The van der Waals surface area contributed by atoms with E-state index in [0.717, 1.165) is 19.3 Å². The van der Waals surface area contributed by atoms with Crippen molar-refractivity contribution in [3.8, 4) is 0 Å². The molecule has 1 nitrogen and oxygen atoms in total. The van der Waals surface area contributed by atoms with Gasteiger partial charge in [0.15, 0.2) is 0 Å². The molecule has 0 radical (unpaired) electrons. The Kier molecular flexibility index (Phi) is 3.40. The fourth-order valence-corrected chi connectivity index (χ4v) is 3.20. The van der Waals surface area contributed by atoms with Gasteiger partial charge in [0, 0.05) is 17.9 Å². The second-order valence-corrected chi connectivity index (χ2v) is 6.37. The fourth-order valence-electron chi connectivity index (χ4n) is 1.60. The Morgan fingerprint density at radius 2 is 2.08 bits per heavy atom. The highest BCUT2D eigenvalue weighted by molar-refractivity contribution is 6.39. The maximum Gasteiger partial charge on any atom is 0.386 e. The van der Waals surface area contributed by atoms with Gasteiger partial charge in [-0.15, -0.1) is 0 Å². The van der Waals surface area contributed by atoms with Crippen LogP contribution in [0, 0.1) is 0 Å². The molecule has 1 saturated heterocycles. The molecule has 78 valence electrons. The Hall–Kier alpha value is -0.0331. The van der Waals surface area contributed by atoms with Crippen molar-refractivity contribution in [2.24, 2.45) is 0 Å². The molecule has 0 amide bonds. The van der Waals surface area contributed by atoms with Crippen LogP contribution in [-0.2, 0) is 4.74 Å². The first-order valence-electron chi connectivity index (χ1n) is 4.62. The topological polar surface area (TPSA) is 9.23 Å². The molecule has 0 bridgehead atoms. The minimum absolute atomic E-state index is 0.395. The molecular formula is C8H15F3OSi. The van der Waals surface area contributed by atoms with Gasteiger partial charge >= 0.3 is 6.18 Å². The van der Waals surface area contributed by atoms with E-state index >= 15 is 0 Å². The molecule has 1 aliphatic heterocycles. The van der Waals surface area contributed by atoms with Crippen molar-refractivity contribution in [1.82, 2.24) is 0 Å². The van der Waals surface area contributed by atoms with Crippen LogP contribution >= 0.6 is 0 Å². The molecule has 1 fully saturated rings. The van der Waals surface area contributed by atoms with E-state index in [1.54, 1.807) is 0 Å². The minimum atomic E-state index is -3.99. The molecule has 1 rings (SSSR count). The maximum atomic E-state index is 12.0. The van der Waals surface area contributed by atoms with Gasteiger partial charge in [0.1, 0.15) is 0 Å². The normalized spacial score (nSPS) is 31.4. The third-order valence-electron chi connectivity index (χ3n) is 2.49. The van der Waals surface area contributed by atoms with E-state index in [1.807, 2.05) is 6.92 Å². The summed E-state index contributed by atoms with van der Waals surface area (Å²) in [6, 6.07) is -0.594. The molecule has 0 aromatic rings. The lowest BCUT2D eigenvalue weighted by Gasteiger charge is -2.34. The van der Waals surface area contributed by atoms with Gasteiger partial charge in [0.05, 0.1) is 9.52 Å². The van der Waals surface area contributed by atoms with Crippen LogP contribution in [0.5, 0.6) is 0 Å². The number of halogens is 3. The highest BCUT2D eigenvalue weighted by Crippen LogP contribution is 2.28. The molecule has 0 aromatic heterocycles. The predicted molar refractivity (Wildman–Crippen MR) is 47.6 cm³/mol. The van der Waals surface area contributed by atoms with Crippen molar-refractivity contribution < 1.29 is 17.9 Å². The van der Waals surface area contributed by atoms with Crippen molar-refractivity contribution in [3.63, 3.8) is 0 Å². The summed E-state index contributed by atoms with van der Waals surface area (Å²) >= 11 is 0. The van der Waals surface area contributed by atoms with Crippen LogP contribution in [0.4, 0.5) is 13.2 Å². The molecule has 13 heavy (non-hydrogen) atoms. The summed E-state index contributed by atoms with van der Waals surface area (Å²) in [4.78, 5) is 0. The Labute approximate surface area is 78.5 Å². The second kappa shape index (κ2) is 4.00. The quantitative estimate of drug-likeness (QED) is 0.637. The van der Waals surface area contributed by atoms with E-state index in [1.165, 1.54) is 0 Å². The first-order chi connectivity index (χ1) is 5.91. The largest absolute Gasteiger partial charge is 0.386 e. The molecule has 0 aromatic carbocycles. The molecule has 0 saturated carbocycles. The van der Waals surface area contributed by atoms with Gasteiger partial charge in [0.2, 0.25) is 0 Å². The highest BCUT2D eigenvalue weighted by Gasteiger charge is 2.35. The van der Waals surface area contributed by atoms with Gasteiger partial charge in [-0.3, -0.25) is 0 Å². The lowest BCUT2D eigenvalue weighted by Crippen LogP contribution is -2.40. The zero-order valence-electron chi connectivity index (χ0n) is 7.78. The summed E-state index contributed by atoms with van der Waals surface area (Å²) in [7, 11) is -1.18. The van der Waals surface area contributed by atoms with Crippen molar-refractivity contribution in [2.45, 2.75) is 43.6 Å². The molecular weight excluding hydrogens is 197 g/mol. The highest BCUT2D eigenvalue weighted by atomic mass is 28.2. The number of alkyl halides is 3. The lowest BCUT2D eigenvalue weighted by atomic mass is 10.1. The van der Waals surface area contributed by atoms with Gasteiger partial charge in [-0.2, -0.15) is 13.2 Å². The Morgan fingerprint density at radius 1 is 1.38 bits per heavy atom. The van der Waals surface area contributed by atoms with Gasteiger partial charge in [-0.25, -0.2) is 0 Å². The summed E-state index contributed by atoms with van der Waals surface area (Å²) in [5, 5.41) is -0.395. The smallest absolute Gasteiger partial charge is 0.379 e. The molecule has 5 heteroatoms. The number of rotatable bonds is 2. The maximum absolute atomic E-state index is 12.0. The van der Waals surface area contributed by atoms with E-state index in [0.29, 0.717) is 6.61 Å². The van der Waals surface area contributed by atoms with E-state index in [4.69, 9.17) is 4.74 Å². The lowest BCUT2D eigenvalue weighted by molar-refractivity contribution is -0.112. The zero-order valence-corrected chi connectivity index (χ0v) is 9.20. The third-order valence-corrected chi connectivity index (χ3v) is 4.92. The van der Waals surface area contributed by atoms with E-state index in [-0.39, 0.29) is 0 Å². The Morgan fingerprint density at radius 3 is 2.54 bits per heavy atom. The van der Waals surface area contributed by atoms with Crippen molar-refractivity contribution in [1.29, 1.82) is 0 Å². The van der Waals surface area contributed by atoms with Crippen LogP contribution in [0.15, 0.2) is 0 Å². The van der Waals surface area contributed by atoms with Crippen LogP contribution < -0.4 is 0 Å². The molecule has 1 heterocycles. The zero-order chi connectivity index (χ0) is 9.95.